The fourth-order valence-electron chi connectivity index (χ4n) is 3.10. The molecular formula is C16H21N3O. The molecule has 1 heterocycles. The summed E-state index contributed by atoms with van der Waals surface area (Å²) in [6.45, 7) is 2.64. The van der Waals surface area contributed by atoms with Gasteiger partial charge in [0.15, 0.2) is 0 Å². The first-order chi connectivity index (χ1) is 9.75. The Morgan fingerprint density at radius 3 is 3.10 bits per heavy atom. The Balaban J connectivity index is 1.67. The molecule has 1 aliphatic carbocycles. The first-order valence-electron chi connectivity index (χ1n) is 7.24. The molecular weight excluding hydrogens is 250 g/mol. The van der Waals surface area contributed by atoms with E-state index in [4.69, 9.17) is 0 Å². The molecule has 1 aromatic heterocycles. The summed E-state index contributed by atoms with van der Waals surface area (Å²) in [5.74, 6) is 0.414. The van der Waals surface area contributed by atoms with E-state index >= 15 is 0 Å². The molecule has 4 heteroatoms. The molecule has 0 saturated heterocycles. The summed E-state index contributed by atoms with van der Waals surface area (Å²) < 4.78 is 2.20. The highest BCUT2D eigenvalue weighted by Gasteiger charge is 2.27. The number of hydrogen-bond donors (Lipinski definition) is 2. The number of para-hydroxylation sites is 1. The first-order valence-corrected chi connectivity index (χ1v) is 7.24. The minimum atomic E-state index is 0.414. The lowest BCUT2D eigenvalue weighted by Gasteiger charge is -2.22. The van der Waals surface area contributed by atoms with Crippen LogP contribution in [-0.4, -0.2) is 20.7 Å². The standard InChI is InChI=1S/C16H21N3O/c1-12-4-2-5-13(16(12)20)10-18-14-6-3-7-15(14)19-9-8-17-11-19/h2,4-5,8-9,11,14-15,18,20H,3,6-7,10H2,1H3. The van der Waals surface area contributed by atoms with Crippen LogP contribution in [-0.2, 0) is 6.54 Å². The van der Waals surface area contributed by atoms with Gasteiger partial charge < -0.3 is 15.0 Å². The molecule has 2 unspecified atom stereocenters. The lowest BCUT2D eigenvalue weighted by molar-refractivity contribution is 0.385. The number of hydrogen-bond acceptors (Lipinski definition) is 3. The summed E-state index contributed by atoms with van der Waals surface area (Å²) in [5, 5.41) is 13.7. The van der Waals surface area contributed by atoms with E-state index in [2.05, 4.69) is 14.9 Å². The summed E-state index contributed by atoms with van der Waals surface area (Å²) in [7, 11) is 0. The van der Waals surface area contributed by atoms with Crippen LogP contribution in [0.2, 0.25) is 0 Å². The monoisotopic (exact) mass is 271 g/mol. The van der Waals surface area contributed by atoms with E-state index in [0.29, 0.717) is 24.4 Å². The van der Waals surface area contributed by atoms with Crippen LogP contribution in [0.15, 0.2) is 36.9 Å². The van der Waals surface area contributed by atoms with Crippen molar-refractivity contribution in [1.82, 2.24) is 14.9 Å². The number of nitrogens with one attached hydrogen (secondary N) is 1. The minimum Gasteiger partial charge on any atom is -0.507 e. The van der Waals surface area contributed by atoms with Crippen LogP contribution in [0.1, 0.15) is 36.4 Å². The summed E-state index contributed by atoms with van der Waals surface area (Å²) in [4.78, 5) is 4.14. The smallest absolute Gasteiger partial charge is 0.122 e. The van der Waals surface area contributed by atoms with Crippen molar-refractivity contribution in [2.24, 2.45) is 0 Å². The molecule has 2 atom stereocenters. The van der Waals surface area contributed by atoms with Gasteiger partial charge in [0, 0.05) is 36.6 Å². The first kappa shape index (κ1) is 13.2. The zero-order valence-corrected chi connectivity index (χ0v) is 11.8. The molecule has 0 aliphatic heterocycles. The Bertz CT molecular complexity index is 565. The van der Waals surface area contributed by atoms with Crippen molar-refractivity contribution in [3.05, 3.63) is 48.0 Å². The molecule has 106 valence electrons. The lowest BCUT2D eigenvalue weighted by Crippen LogP contribution is -2.33. The van der Waals surface area contributed by atoms with Crippen molar-refractivity contribution in [1.29, 1.82) is 0 Å². The van der Waals surface area contributed by atoms with Gasteiger partial charge in [0.25, 0.3) is 0 Å². The normalized spacial score (nSPS) is 22.2. The summed E-state index contributed by atoms with van der Waals surface area (Å²) in [6, 6.07) is 6.83. The second-order valence-electron chi connectivity index (χ2n) is 5.58. The van der Waals surface area contributed by atoms with E-state index in [9.17, 15) is 5.11 Å². The number of benzene rings is 1. The van der Waals surface area contributed by atoms with E-state index in [-0.39, 0.29) is 0 Å². The van der Waals surface area contributed by atoms with Crippen molar-refractivity contribution in [3.63, 3.8) is 0 Å². The minimum absolute atomic E-state index is 0.414. The van der Waals surface area contributed by atoms with Crippen molar-refractivity contribution in [2.45, 2.75) is 44.8 Å². The number of phenols is 1. The molecule has 0 radical (unpaired) electrons. The van der Waals surface area contributed by atoms with Gasteiger partial charge in [-0.25, -0.2) is 4.98 Å². The van der Waals surface area contributed by atoms with Gasteiger partial charge >= 0.3 is 0 Å². The summed E-state index contributed by atoms with van der Waals surface area (Å²) in [5.41, 5.74) is 1.91. The van der Waals surface area contributed by atoms with Crippen LogP contribution in [0.4, 0.5) is 0 Å². The fraction of sp³-hybridized carbons (Fsp3) is 0.438. The molecule has 1 fully saturated rings. The molecule has 4 nitrogen and oxygen atoms in total. The van der Waals surface area contributed by atoms with Crippen molar-refractivity contribution < 1.29 is 5.11 Å². The van der Waals surface area contributed by atoms with E-state index in [1.807, 2.05) is 43.8 Å². The van der Waals surface area contributed by atoms with Crippen LogP contribution in [0.25, 0.3) is 0 Å². The van der Waals surface area contributed by atoms with Gasteiger partial charge in [-0.2, -0.15) is 0 Å². The van der Waals surface area contributed by atoms with Gasteiger partial charge in [0.1, 0.15) is 5.75 Å². The van der Waals surface area contributed by atoms with Gasteiger partial charge in [-0.1, -0.05) is 18.2 Å². The second-order valence-corrected chi connectivity index (χ2v) is 5.58. The van der Waals surface area contributed by atoms with Crippen molar-refractivity contribution in [2.75, 3.05) is 0 Å². The Morgan fingerprint density at radius 1 is 1.40 bits per heavy atom. The van der Waals surface area contributed by atoms with Crippen molar-refractivity contribution >= 4 is 0 Å². The third-order valence-electron chi connectivity index (χ3n) is 4.26. The topological polar surface area (TPSA) is 50.1 Å². The Kier molecular flexibility index (Phi) is 3.74. The Morgan fingerprint density at radius 2 is 2.30 bits per heavy atom. The molecule has 20 heavy (non-hydrogen) atoms. The zero-order valence-electron chi connectivity index (χ0n) is 11.8. The van der Waals surface area contributed by atoms with Crippen LogP contribution in [0.5, 0.6) is 5.75 Å². The molecule has 1 saturated carbocycles. The predicted molar refractivity (Wildman–Crippen MR) is 78.6 cm³/mol. The Labute approximate surface area is 119 Å². The second kappa shape index (κ2) is 5.67. The van der Waals surface area contributed by atoms with Gasteiger partial charge in [-0.15, -0.1) is 0 Å². The maximum atomic E-state index is 10.1. The number of aromatic hydroxyl groups is 1. The highest BCUT2D eigenvalue weighted by molar-refractivity contribution is 5.39. The maximum Gasteiger partial charge on any atom is 0.122 e. The number of aryl methyl sites for hydroxylation is 1. The van der Waals surface area contributed by atoms with Crippen molar-refractivity contribution in [3.8, 4) is 5.75 Å². The van der Waals surface area contributed by atoms with Gasteiger partial charge in [-0.3, -0.25) is 0 Å². The highest BCUT2D eigenvalue weighted by atomic mass is 16.3. The van der Waals surface area contributed by atoms with Crippen LogP contribution in [0, 0.1) is 6.92 Å². The van der Waals surface area contributed by atoms with E-state index in [0.717, 1.165) is 11.1 Å². The molecule has 1 aliphatic rings. The molecule has 2 aromatic rings. The average Bonchev–Trinajstić information content (AvgIpc) is 3.10. The summed E-state index contributed by atoms with van der Waals surface area (Å²) >= 11 is 0. The molecule has 0 bridgehead atoms. The molecule has 2 N–H and O–H groups in total. The van der Waals surface area contributed by atoms with Gasteiger partial charge in [0.05, 0.1) is 6.33 Å². The summed E-state index contributed by atoms with van der Waals surface area (Å²) in [6.07, 6.45) is 9.37. The van der Waals surface area contributed by atoms with Gasteiger partial charge in [-0.05, 0) is 31.7 Å². The number of phenolic OH excluding ortho intramolecular Hbond substituents is 1. The molecule has 0 amide bonds. The lowest BCUT2D eigenvalue weighted by atomic mass is 10.1. The number of nitrogens with zero attached hydrogens (tertiary/aromatic N) is 2. The largest absolute Gasteiger partial charge is 0.507 e. The molecule has 0 spiro atoms. The quantitative estimate of drug-likeness (QED) is 0.899. The number of rotatable bonds is 4. The highest BCUT2D eigenvalue weighted by Crippen LogP contribution is 2.30. The molecule has 3 rings (SSSR count). The zero-order chi connectivity index (χ0) is 13.9. The number of aromatic nitrogens is 2. The van der Waals surface area contributed by atoms with E-state index in [1.165, 1.54) is 19.3 Å². The SMILES string of the molecule is Cc1cccc(CNC2CCCC2n2ccnc2)c1O. The average molecular weight is 271 g/mol. The third-order valence-corrected chi connectivity index (χ3v) is 4.26. The maximum absolute atomic E-state index is 10.1. The van der Waals surface area contributed by atoms with Crippen LogP contribution in [0.3, 0.4) is 0 Å². The van der Waals surface area contributed by atoms with E-state index in [1.54, 1.807) is 0 Å². The predicted octanol–water partition coefficient (Wildman–Crippen LogP) is 2.78. The Hall–Kier alpha value is -1.81. The van der Waals surface area contributed by atoms with Crippen LogP contribution >= 0.6 is 0 Å². The van der Waals surface area contributed by atoms with E-state index < -0.39 is 0 Å². The van der Waals surface area contributed by atoms with Gasteiger partial charge in [0.2, 0.25) is 0 Å². The third kappa shape index (κ3) is 2.56. The molecule has 1 aromatic carbocycles. The number of imidazole rings is 1. The van der Waals surface area contributed by atoms with Crippen LogP contribution < -0.4 is 5.32 Å². The fourth-order valence-corrected chi connectivity index (χ4v) is 3.10.